The summed E-state index contributed by atoms with van der Waals surface area (Å²) in [6.45, 7) is 3.87. The van der Waals surface area contributed by atoms with Crippen molar-refractivity contribution in [2.75, 3.05) is 0 Å². The van der Waals surface area contributed by atoms with E-state index in [1.54, 1.807) is 6.07 Å². The molecule has 2 rings (SSSR count). The number of aryl methyl sites for hydroxylation is 2. The standard InChI is InChI=1S/C7H9N3O4.C7H10N2O2/c1-2-3-4-6(10(13)14)5(7(11)12)9-8-4;1-2-3-5-4-6(7(10)11)9-8-5/h2-3H2,1H3,(H,8,9)(H,11,12);4H,2-3H2,1H3,(H,8,9)(H,10,11). The van der Waals surface area contributed by atoms with Gasteiger partial charge in [0.05, 0.1) is 4.92 Å². The van der Waals surface area contributed by atoms with Gasteiger partial charge in [-0.3, -0.25) is 20.3 Å². The van der Waals surface area contributed by atoms with Crippen molar-refractivity contribution in [3.63, 3.8) is 0 Å². The topological polar surface area (TPSA) is 175 Å². The first-order chi connectivity index (χ1) is 11.8. The molecule has 0 saturated heterocycles. The minimum atomic E-state index is -1.39. The number of nitrogens with one attached hydrogen (secondary N) is 2. The van der Waals surface area contributed by atoms with Crippen LogP contribution in [0.25, 0.3) is 0 Å². The molecule has 0 fully saturated rings. The largest absolute Gasteiger partial charge is 0.476 e. The second-order valence-electron chi connectivity index (χ2n) is 5.05. The number of aromatic amines is 2. The quantitative estimate of drug-likeness (QED) is 0.431. The molecule has 0 aliphatic rings. The van der Waals surface area contributed by atoms with Crippen molar-refractivity contribution < 1.29 is 24.7 Å². The average molecular weight is 353 g/mol. The number of carbonyl (C=O) groups is 2. The summed E-state index contributed by atoms with van der Waals surface area (Å²) in [4.78, 5) is 30.7. The third-order valence-corrected chi connectivity index (χ3v) is 3.07. The van der Waals surface area contributed by atoms with Gasteiger partial charge >= 0.3 is 17.6 Å². The summed E-state index contributed by atoms with van der Waals surface area (Å²) in [5, 5.41) is 39.7. The molecule has 0 spiro atoms. The van der Waals surface area contributed by atoms with Crippen molar-refractivity contribution in [1.82, 2.24) is 20.4 Å². The number of nitrogens with zero attached hydrogens (tertiary/aromatic N) is 3. The SMILES string of the molecule is CCCc1[nH]nc(C(=O)O)c1[N+](=O)[O-].CCCc1cc(C(=O)O)n[nH]1. The van der Waals surface area contributed by atoms with Gasteiger partial charge in [0.15, 0.2) is 5.69 Å². The van der Waals surface area contributed by atoms with E-state index in [4.69, 9.17) is 10.2 Å². The van der Waals surface area contributed by atoms with E-state index < -0.39 is 28.2 Å². The third kappa shape index (κ3) is 5.41. The Morgan fingerprint density at radius 1 is 1.12 bits per heavy atom. The van der Waals surface area contributed by atoms with Crippen molar-refractivity contribution in [2.24, 2.45) is 0 Å². The summed E-state index contributed by atoms with van der Waals surface area (Å²) >= 11 is 0. The summed E-state index contributed by atoms with van der Waals surface area (Å²) in [5.74, 6) is -2.38. The van der Waals surface area contributed by atoms with Crippen LogP contribution in [-0.4, -0.2) is 47.5 Å². The van der Waals surface area contributed by atoms with E-state index in [0.29, 0.717) is 12.8 Å². The molecular formula is C14H19N5O6. The maximum Gasteiger partial charge on any atom is 0.363 e. The van der Waals surface area contributed by atoms with Gasteiger partial charge in [-0.2, -0.15) is 10.2 Å². The predicted octanol–water partition coefficient (Wildman–Crippen LogP) is 2.03. The Kier molecular flexibility index (Phi) is 7.25. The molecule has 0 aromatic carbocycles. The molecule has 11 heteroatoms. The number of hydrogen-bond donors (Lipinski definition) is 4. The zero-order valence-electron chi connectivity index (χ0n) is 13.8. The molecule has 2 aromatic rings. The number of aromatic carboxylic acids is 2. The van der Waals surface area contributed by atoms with E-state index in [9.17, 15) is 19.7 Å². The van der Waals surface area contributed by atoms with Crippen LogP contribution in [0.15, 0.2) is 6.07 Å². The van der Waals surface area contributed by atoms with Gasteiger partial charge in [0, 0.05) is 5.69 Å². The molecular weight excluding hydrogens is 334 g/mol. The van der Waals surface area contributed by atoms with Crippen LogP contribution in [0.4, 0.5) is 5.69 Å². The molecule has 0 aliphatic carbocycles. The van der Waals surface area contributed by atoms with Crippen molar-refractivity contribution in [3.8, 4) is 0 Å². The Hall–Kier alpha value is -3.24. The number of H-pyrrole nitrogens is 2. The number of carboxylic acids is 2. The Bertz CT molecular complexity index is 751. The normalized spacial score (nSPS) is 10.0. The molecule has 0 atom stereocenters. The van der Waals surface area contributed by atoms with Crippen LogP contribution in [0.3, 0.4) is 0 Å². The maximum atomic E-state index is 10.6. The molecule has 0 radical (unpaired) electrons. The molecule has 0 unspecified atom stereocenters. The number of nitro groups is 1. The second-order valence-corrected chi connectivity index (χ2v) is 5.05. The summed E-state index contributed by atoms with van der Waals surface area (Å²) in [5.41, 5.74) is 0.269. The Morgan fingerprint density at radius 2 is 1.76 bits per heavy atom. The van der Waals surface area contributed by atoms with Crippen molar-refractivity contribution in [1.29, 1.82) is 0 Å². The lowest BCUT2D eigenvalue weighted by molar-refractivity contribution is -0.385. The van der Waals surface area contributed by atoms with E-state index in [0.717, 1.165) is 18.5 Å². The fraction of sp³-hybridized carbons (Fsp3) is 0.429. The maximum absolute atomic E-state index is 10.6. The van der Waals surface area contributed by atoms with E-state index in [1.807, 2.05) is 13.8 Å². The molecule has 4 N–H and O–H groups in total. The molecule has 136 valence electrons. The number of rotatable bonds is 7. The van der Waals surface area contributed by atoms with Crippen molar-refractivity contribution >= 4 is 17.6 Å². The minimum absolute atomic E-state index is 0.0912. The lowest BCUT2D eigenvalue weighted by Gasteiger charge is -1.92. The van der Waals surface area contributed by atoms with E-state index in [1.165, 1.54) is 0 Å². The van der Waals surface area contributed by atoms with Crippen molar-refractivity contribution in [2.45, 2.75) is 39.5 Å². The summed E-state index contributed by atoms with van der Waals surface area (Å²) < 4.78 is 0. The highest BCUT2D eigenvalue weighted by Gasteiger charge is 2.28. The van der Waals surface area contributed by atoms with Crippen LogP contribution in [0, 0.1) is 10.1 Å². The molecule has 25 heavy (non-hydrogen) atoms. The van der Waals surface area contributed by atoms with E-state index in [-0.39, 0.29) is 11.4 Å². The van der Waals surface area contributed by atoms with Gasteiger partial charge in [-0.1, -0.05) is 26.7 Å². The van der Waals surface area contributed by atoms with E-state index in [2.05, 4.69) is 20.4 Å². The Balaban J connectivity index is 0.000000257. The van der Waals surface area contributed by atoms with Crippen LogP contribution >= 0.6 is 0 Å². The molecule has 0 amide bonds. The van der Waals surface area contributed by atoms with Crippen LogP contribution in [0.5, 0.6) is 0 Å². The lowest BCUT2D eigenvalue weighted by Crippen LogP contribution is -2.02. The van der Waals surface area contributed by atoms with Gasteiger partial charge < -0.3 is 10.2 Å². The predicted molar refractivity (Wildman–Crippen MR) is 85.7 cm³/mol. The van der Waals surface area contributed by atoms with Gasteiger partial charge in [0.1, 0.15) is 5.69 Å². The van der Waals surface area contributed by atoms with Crippen LogP contribution < -0.4 is 0 Å². The smallest absolute Gasteiger partial charge is 0.363 e. The monoisotopic (exact) mass is 353 g/mol. The summed E-state index contributed by atoms with van der Waals surface area (Å²) in [6, 6.07) is 1.56. The van der Waals surface area contributed by atoms with Crippen molar-refractivity contribution in [3.05, 3.63) is 39.0 Å². The fourth-order valence-corrected chi connectivity index (χ4v) is 2.01. The second kappa shape index (κ2) is 9.15. The zero-order chi connectivity index (χ0) is 19.0. The highest BCUT2D eigenvalue weighted by Crippen LogP contribution is 2.22. The first-order valence-corrected chi connectivity index (χ1v) is 7.54. The Morgan fingerprint density at radius 3 is 2.20 bits per heavy atom. The van der Waals surface area contributed by atoms with Gasteiger partial charge in [0.2, 0.25) is 5.69 Å². The zero-order valence-corrected chi connectivity index (χ0v) is 13.8. The third-order valence-electron chi connectivity index (χ3n) is 3.07. The van der Waals surface area contributed by atoms with Gasteiger partial charge in [-0.25, -0.2) is 9.59 Å². The first-order valence-electron chi connectivity index (χ1n) is 7.54. The first kappa shape index (κ1) is 19.8. The molecule has 0 bridgehead atoms. The summed E-state index contributed by atoms with van der Waals surface area (Å²) in [6.07, 6.45) is 2.93. The number of carboxylic acid groups (broad SMARTS) is 2. The van der Waals surface area contributed by atoms with Crippen LogP contribution in [-0.2, 0) is 12.8 Å². The number of hydrogen-bond acceptors (Lipinski definition) is 6. The van der Waals surface area contributed by atoms with Gasteiger partial charge in [-0.05, 0) is 18.9 Å². The minimum Gasteiger partial charge on any atom is -0.476 e. The summed E-state index contributed by atoms with van der Waals surface area (Å²) in [7, 11) is 0. The molecule has 0 saturated carbocycles. The number of aromatic nitrogens is 4. The van der Waals surface area contributed by atoms with Crippen LogP contribution in [0.1, 0.15) is 59.1 Å². The lowest BCUT2D eigenvalue weighted by atomic mass is 10.2. The molecule has 0 aliphatic heterocycles. The molecule has 2 aromatic heterocycles. The van der Waals surface area contributed by atoms with E-state index >= 15 is 0 Å². The van der Waals surface area contributed by atoms with Gasteiger partial charge in [-0.15, -0.1) is 0 Å². The van der Waals surface area contributed by atoms with Gasteiger partial charge in [0.25, 0.3) is 0 Å². The molecule has 2 heterocycles. The average Bonchev–Trinajstić information content (AvgIpc) is 3.15. The fourth-order valence-electron chi connectivity index (χ4n) is 2.01. The molecule has 11 nitrogen and oxygen atoms in total. The highest BCUT2D eigenvalue weighted by molar-refractivity contribution is 5.90. The Labute approximate surface area is 142 Å². The van der Waals surface area contributed by atoms with Crippen LogP contribution in [0.2, 0.25) is 0 Å². The highest BCUT2D eigenvalue weighted by atomic mass is 16.6.